The summed E-state index contributed by atoms with van der Waals surface area (Å²) < 4.78 is 38.8. The first kappa shape index (κ1) is 15.6. The minimum absolute atomic E-state index is 0.0793. The number of hydrogen-bond donors (Lipinski definition) is 2. The molecule has 0 radical (unpaired) electrons. The van der Waals surface area contributed by atoms with Gasteiger partial charge in [-0.05, 0) is 38.0 Å². The van der Waals surface area contributed by atoms with Crippen molar-refractivity contribution in [2.24, 2.45) is 23.5 Å². The zero-order valence-corrected chi connectivity index (χ0v) is 11.6. The van der Waals surface area contributed by atoms with Gasteiger partial charge in [0.15, 0.2) is 0 Å². The number of hydrogen-bond acceptors (Lipinski definition) is 2. The highest BCUT2D eigenvalue weighted by atomic mass is 19.4. The van der Waals surface area contributed by atoms with Crippen LogP contribution < -0.4 is 11.1 Å². The van der Waals surface area contributed by atoms with Crippen LogP contribution in [0.15, 0.2) is 0 Å². The summed E-state index contributed by atoms with van der Waals surface area (Å²) in [5.74, 6) is -2.48. The Morgan fingerprint density at radius 3 is 2.45 bits per heavy atom. The van der Waals surface area contributed by atoms with Crippen molar-refractivity contribution in [1.29, 1.82) is 0 Å². The van der Waals surface area contributed by atoms with E-state index in [9.17, 15) is 18.0 Å². The number of nitrogens with one attached hydrogen (secondary N) is 1. The Kier molecular flexibility index (Phi) is 4.94. The van der Waals surface area contributed by atoms with Crippen LogP contribution in [-0.2, 0) is 4.79 Å². The zero-order chi connectivity index (χ0) is 14.8. The van der Waals surface area contributed by atoms with E-state index in [1.54, 1.807) is 0 Å². The number of nitrogens with two attached hydrogens (primary N) is 1. The van der Waals surface area contributed by atoms with Crippen molar-refractivity contribution in [3.05, 3.63) is 0 Å². The highest BCUT2D eigenvalue weighted by molar-refractivity contribution is 5.79. The van der Waals surface area contributed by atoms with Gasteiger partial charge in [0.05, 0.1) is 5.92 Å². The molecule has 2 fully saturated rings. The highest BCUT2D eigenvalue weighted by Gasteiger charge is 2.48. The van der Waals surface area contributed by atoms with Crippen LogP contribution in [0, 0.1) is 17.8 Å². The smallest absolute Gasteiger partial charge is 0.356 e. The van der Waals surface area contributed by atoms with E-state index in [1.807, 2.05) is 0 Å². The molecular formula is C14H23F3N2O. The third-order valence-electron chi connectivity index (χ3n) is 4.67. The van der Waals surface area contributed by atoms with Gasteiger partial charge in [0.1, 0.15) is 0 Å². The van der Waals surface area contributed by atoms with Gasteiger partial charge in [-0.1, -0.05) is 12.8 Å². The fourth-order valence-corrected chi connectivity index (χ4v) is 3.51. The summed E-state index contributed by atoms with van der Waals surface area (Å²) in [6.07, 6.45) is 0.177. The van der Waals surface area contributed by atoms with Crippen molar-refractivity contribution < 1.29 is 18.0 Å². The summed E-state index contributed by atoms with van der Waals surface area (Å²) in [6, 6.07) is 0.175. The monoisotopic (exact) mass is 292 g/mol. The number of rotatable bonds is 3. The van der Waals surface area contributed by atoms with Crippen LogP contribution in [-0.4, -0.2) is 24.7 Å². The molecule has 3 nitrogen and oxygen atoms in total. The Morgan fingerprint density at radius 1 is 1.15 bits per heavy atom. The summed E-state index contributed by atoms with van der Waals surface area (Å²) in [5, 5.41) is 2.72. The van der Waals surface area contributed by atoms with Gasteiger partial charge in [0.2, 0.25) is 5.91 Å². The molecule has 4 unspecified atom stereocenters. The van der Waals surface area contributed by atoms with E-state index in [1.165, 1.54) is 0 Å². The average molecular weight is 292 g/mol. The van der Waals surface area contributed by atoms with Crippen molar-refractivity contribution in [3.63, 3.8) is 0 Å². The van der Waals surface area contributed by atoms with Gasteiger partial charge in [-0.25, -0.2) is 0 Å². The molecule has 1 amide bonds. The van der Waals surface area contributed by atoms with Crippen LogP contribution in [0.1, 0.15) is 44.9 Å². The zero-order valence-electron chi connectivity index (χ0n) is 11.6. The maximum atomic E-state index is 12.9. The van der Waals surface area contributed by atoms with Crippen molar-refractivity contribution in [1.82, 2.24) is 5.32 Å². The normalized spacial score (nSPS) is 35.0. The van der Waals surface area contributed by atoms with E-state index in [2.05, 4.69) is 5.32 Å². The van der Waals surface area contributed by atoms with Crippen molar-refractivity contribution in [2.75, 3.05) is 6.54 Å². The van der Waals surface area contributed by atoms with Crippen LogP contribution in [0.2, 0.25) is 0 Å². The maximum Gasteiger partial charge on any atom is 0.392 e. The quantitative estimate of drug-likeness (QED) is 0.840. The molecule has 6 heteroatoms. The van der Waals surface area contributed by atoms with Crippen LogP contribution in [0.4, 0.5) is 13.2 Å². The predicted molar refractivity (Wildman–Crippen MR) is 69.8 cm³/mol. The molecule has 0 aromatic rings. The first-order valence-corrected chi connectivity index (χ1v) is 7.48. The average Bonchev–Trinajstić information content (AvgIpc) is 2.81. The molecule has 3 N–H and O–H groups in total. The molecule has 4 atom stereocenters. The molecular weight excluding hydrogens is 269 g/mol. The summed E-state index contributed by atoms with van der Waals surface area (Å²) in [4.78, 5) is 12.1. The van der Waals surface area contributed by atoms with Gasteiger partial charge in [0, 0.05) is 18.5 Å². The molecule has 2 saturated carbocycles. The molecule has 0 saturated heterocycles. The van der Waals surface area contributed by atoms with E-state index >= 15 is 0 Å². The van der Waals surface area contributed by atoms with Gasteiger partial charge in [-0.15, -0.1) is 0 Å². The van der Waals surface area contributed by atoms with Gasteiger partial charge in [-0.3, -0.25) is 4.79 Å². The molecule has 116 valence electrons. The SMILES string of the molecule is NC1CCC(CNC(=O)C2CCCCC2C(F)(F)F)C1. The molecule has 0 spiro atoms. The highest BCUT2D eigenvalue weighted by Crippen LogP contribution is 2.41. The standard InChI is InChI=1S/C14H23F3N2O/c15-14(16,17)12-4-2-1-3-11(12)13(20)19-8-9-5-6-10(18)7-9/h9-12H,1-8,18H2,(H,19,20). The lowest BCUT2D eigenvalue weighted by Crippen LogP contribution is -2.43. The molecule has 0 bridgehead atoms. The minimum atomic E-state index is -4.27. The lowest BCUT2D eigenvalue weighted by molar-refractivity contribution is -0.198. The molecule has 2 aliphatic rings. The molecule has 2 aliphatic carbocycles. The van der Waals surface area contributed by atoms with E-state index in [0.29, 0.717) is 31.7 Å². The third kappa shape index (κ3) is 3.87. The first-order chi connectivity index (χ1) is 9.38. The number of halogens is 3. The third-order valence-corrected chi connectivity index (χ3v) is 4.67. The van der Waals surface area contributed by atoms with Gasteiger partial charge in [-0.2, -0.15) is 13.2 Å². The Bertz CT molecular complexity index is 346. The van der Waals surface area contributed by atoms with E-state index in [4.69, 9.17) is 5.73 Å². The van der Waals surface area contributed by atoms with Crippen LogP contribution in [0.25, 0.3) is 0 Å². The van der Waals surface area contributed by atoms with Crippen LogP contribution >= 0.6 is 0 Å². The Morgan fingerprint density at radius 2 is 1.85 bits per heavy atom. The molecule has 2 rings (SSSR count). The number of carbonyl (C=O) groups is 1. The summed E-state index contributed by atoms with van der Waals surface area (Å²) in [5.41, 5.74) is 5.79. The fourth-order valence-electron chi connectivity index (χ4n) is 3.51. The second-order valence-electron chi connectivity index (χ2n) is 6.22. The molecule has 0 aliphatic heterocycles. The minimum Gasteiger partial charge on any atom is -0.356 e. The lowest BCUT2D eigenvalue weighted by Gasteiger charge is -2.32. The van der Waals surface area contributed by atoms with Gasteiger partial charge in [0.25, 0.3) is 0 Å². The molecule has 0 heterocycles. The largest absolute Gasteiger partial charge is 0.392 e. The molecule has 0 aromatic carbocycles. The van der Waals surface area contributed by atoms with Gasteiger partial charge >= 0.3 is 6.18 Å². The summed E-state index contributed by atoms with van der Waals surface area (Å²) in [6.45, 7) is 0.466. The Labute approximate surface area is 117 Å². The number of carbonyl (C=O) groups excluding carboxylic acids is 1. The second kappa shape index (κ2) is 6.33. The summed E-state index contributed by atoms with van der Waals surface area (Å²) >= 11 is 0. The van der Waals surface area contributed by atoms with Crippen molar-refractivity contribution in [2.45, 2.75) is 57.2 Å². The van der Waals surface area contributed by atoms with E-state index in [0.717, 1.165) is 19.3 Å². The molecule has 20 heavy (non-hydrogen) atoms. The van der Waals surface area contributed by atoms with Gasteiger partial charge < -0.3 is 11.1 Å². The van der Waals surface area contributed by atoms with Crippen LogP contribution in [0.5, 0.6) is 0 Å². The topological polar surface area (TPSA) is 55.1 Å². The Hall–Kier alpha value is -0.780. The second-order valence-corrected chi connectivity index (χ2v) is 6.22. The molecule has 0 aromatic heterocycles. The summed E-state index contributed by atoms with van der Waals surface area (Å²) in [7, 11) is 0. The fraction of sp³-hybridized carbons (Fsp3) is 0.929. The van der Waals surface area contributed by atoms with E-state index < -0.39 is 23.9 Å². The van der Waals surface area contributed by atoms with Crippen molar-refractivity contribution in [3.8, 4) is 0 Å². The van der Waals surface area contributed by atoms with E-state index in [-0.39, 0.29) is 12.5 Å². The maximum absolute atomic E-state index is 12.9. The predicted octanol–water partition coefficient (Wildman–Crippen LogP) is 2.60. The van der Waals surface area contributed by atoms with Crippen LogP contribution in [0.3, 0.4) is 0 Å². The van der Waals surface area contributed by atoms with Crippen molar-refractivity contribution >= 4 is 5.91 Å². The lowest BCUT2D eigenvalue weighted by atomic mass is 9.78. The Balaban J connectivity index is 1.86. The number of amides is 1. The first-order valence-electron chi connectivity index (χ1n) is 7.48. The number of alkyl halides is 3.